The van der Waals surface area contributed by atoms with Gasteiger partial charge in [-0.05, 0) is 65.8 Å². The summed E-state index contributed by atoms with van der Waals surface area (Å²) in [7, 11) is 0. The summed E-state index contributed by atoms with van der Waals surface area (Å²) in [6.07, 6.45) is -2.49. The van der Waals surface area contributed by atoms with E-state index in [0.29, 0.717) is 17.7 Å². The van der Waals surface area contributed by atoms with Crippen LogP contribution in [0.2, 0.25) is 0 Å². The standard InChI is InChI=1S/C32H36N4O9/c1-17-11-24(38)22(29-28(41)27(40)26(39)25(16-37)45-29)14-21(17)12-19-6-4-18(5-7-19)8-10-34-31(43)36-30(42)23(35-32(36)44)13-20-3-2-9-33-15-20/h2-7,9,11,14-15,23,25-29,37-41H,8,10,12-13,16H2,1H3,(H,34,43)(H,35,44)/t23?,25-,26-,27+,28-,29+/m1/s1. The van der Waals surface area contributed by atoms with Gasteiger partial charge < -0.3 is 40.9 Å². The Morgan fingerprint density at radius 3 is 2.44 bits per heavy atom. The number of ether oxygens (including phenoxy) is 1. The van der Waals surface area contributed by atoms with Crippen molar-refractivity contribution >= 4 is 18.0 Å². The molecule has 5 rings (SSSR count). The third-order valence-electron chi connectivity index (χ3n) is 8.18. The van der Waals surface area contributed by atoms with Crippen molar-refractivity contribution < 1.29 is 44.7 Å². The number of aliphatic hydroxyl groups excluding tert-OH is 4. The number of pyridine rings is 1. The van der Waals surface area contributed by atoms with Crippen LogP contribution in [-0.2, 0) is 28.8 Å². The summed E-state index contributed by atoms with van der Waals surface area (Å²) in [5, 5.41) is 56.2. The van der Waals surface area contributed by atoms with Crippen molar-refractivity contribution in [1.82, 2.24) is 20.5 Å². The molecule has 5 amide bonds. The SMILES string of the molecule is Cc1cc(O)c([C@@H]2O[C@H](CO)[C@@H](O)[C@H](O)[C@H]2O)cc1Cc1ccc(CCNC(=O)N2C(=O)NC(Cc3cccnc3)C2=O)cc1. The maximum Gasteiger partial charge on any atom is 0.333 e. The number of carbonyl (C=O) groups excluding carboxylic acids is 3. The molecule has 13 heteroatoms. The fourth-order valence-electron chi connectivity index (χ4n) is 5.59. The molecule has 45 heavy (non-hydrogen) atoms. The van der Waals surface area contributed by atoms with Crippen LogP contribution in [0.5, 0.6) is 5.75 Å². The monoisotopic (exact) mass is 620 g/mol. The van der Waals surface area contributed by atoms with E-state index in [1.807, 2.05) is 31.2 Å². The van der Waals surface area contributed by atoms with Crippen molar-refractivity contribution in [2.75, 3.05) is 13.2 Å². The summed E-state index contributed by atoms with van der Waals surface area (Å²) in [5.74, 6) is -0.764. The lowest BCUT2D eigenvalue weighted by Gasteiger charge is -2.40. The van der Waals surface area contributed by atoms with Crippen LogP contribution in [-0.4, -0.2) is 97.0 Å². The highest BCUT2D eigenvalue weighted by molar-refractivity contribution is 6.16. The maximum atomic E-state index is 12.7. The molecular weight excluding hydrogens is 584 g/mol. The van der Waals surface area contributed by atoms with E-state index in [0.717, 1.165) is 27.8 Å². The topological polar surface area (TPSA) is 202 Å². The lowest BCUT2D eigenvalue weighted by atomic mass is 9.88. The number of imide groups is 3. The number of hydrogen-bond donors (Lipinski definition) is 7. The lowest BCUT2D eigenvalue weighted by molar-refractivity contribution is -0.232. The van der Waals surface area contributed by atoms with Gasteiger partial charge in [0, 0.05) is 30.9 Å². The number of aromatic nitrogens is 1. The van der Waals surface area contributed by atoms with Crippen molar-refractivity contribution in [2.45, 2.75) is 62.7 Å². The van der Waals surface area contributed by atoms with Gasteiger partial charge in [-0.3, -0.25) is 9.78 Å². The highest BCUT2D eigenvalue weighted by Crippen LogP contribution is 2.38. The van der Waals surface area contributed by atoms with Gasteiger partial charge in [-0.15, -0.1) is 0 Å². The molecule has 238 valence electrons. The van der Waals surface area contributed by atoms with Gasteiger partial charge >= 0.3 is 12.1 Å². The highest BCUT2D eigenvalue weighted by Gasteiger charge is 2.45. The number of carbonyl (C=O) groups is 3. The minimum Gasteiger partial charge on any atom is -0.508 e. The first kappa shape index (κ1) is 32.0. The highest BCUT2D eigenvalue weighted by atomic mass is 16.5. The van der Waals surface area contributed by atoms with E-state index in [2.05, 4.69) is 15.6 Å². The zero-order valence-corrected chi connectivity index (χ0v) is 24.5. The Hall–Kier alpha value is -4.40. The number of hydrogen-bond acceptors (Lipinski definition) is 10. The molecule has 2 fully saturated rings. The summed E-state index contributed by atoms with van der Waals surface area (Å²) in [6, 6.07) is 11.9. The number of phenolic OH excluding ortho intramolecular Hbond substituents is 1. The number of nitrogens with zero attached hydrogens (tertiary/aromatic N) is 2. The fourth-order valence-corrected chi connectivity index (χ4v) is 5.59. The van der Waals surface area contributed by atoms with Crippen LogP contribution in [0.1, 0.15) is 39.5 Å². The second-order valence-corrected chi connectivity index (χ2v) is 11.3. The molecule has 0 spiro atoms. The molecule has 1 unspecified atom stereocenters. The Labute approximate surface area is 259 Å². The summed E-state index contributed by atoms with van der Waals surface area (Å²) in [5.41, 5.74) is 4.46. The molecular formula is C32H36N4O9. The average Bonchev–Trinajstić information content (AvgIpc) is 3.30. The molecule has 7 N–H and O–H groups in total. The van der Waals surface area contributed by atoms with Crippen molar-refractivity contribution in [3.8, 4) is 5.75 Å². The molecule has 3 heterocycles. The molecule has 13 nitrogen and oxygen atoms in total. The molecule has 3 aromatic rings. The number of benzene rings is 2. The first-order chi connectivity index (χ1) is 21.6. The number of urea groups is 2. The Morgan fingerprint density at radius 2 is 1.76 bits per heavy atom. The summed E-state index contributed by atoms with van der Waals surface area (Å²) >= 11 is 0. The molecule has 0 bridgehead atoms. The van der Waals surface area contributed by atoms with Crippen LogP contribution in [0.15, 0.2) is 60.9 Å². The first-order valence-electron chi connectivity index (χ1n) is 14.6. The Morgan fingerprint density at radius 1 is 1.02 bits per heavy atom. The number of aromatic hydroxyl groups is 1. The summed E-state index contributed by atoms with van der Waals surface area (Å²) in [4.78, 5) is 42.3. The Balaban J connectivity index is 1.17. The number of aliphatic hydroxyl groups is 4. The second-order valence-electron chi connectivity index (χ2n) is 11.3. The van der Waals surface area contributed by atoms with E-state index in [1.54, 1.807) is 30.6 Å². The predicted octanol–water partition coefficient (Wildman–Crippen LogP) is 0.617. The van der Waals surface area contributed by atoms with Crippen molar-refractivity contribution in [3.05, 3.63) is 94.3 Å². The van der Waals surface area contributed by atoms with Gasteiger partial charge in [0.05, 0.1) is 6.61 Å². The van der Waals surface area contributed by atoms with E-state index < -0.39 is 61.1 Å². The quantitative estimate of drug-likeness (QED) is 0.166. The molecule has 1 aromatic heterocycles. The van der Waals surface area contributed by atoms with E-state index in [9.17, 15) is 39.9 Å². The fraction of sp³-hybridized carbons (Fsp3) is 0.375. The predicted molar refractivity (Wildman–Crippen MR) is 159 cm³/mol. The van der Waals surface area contributed by atoms with Crippen molar-refractivity contribution in [2.24, 2.45) is 0 Å². The minimum atomic E-state index is -1.57. The Kier molecular flexibility index (Phi) is 9.75. The maximum absolute atomic E-state index is 12.7. The summed E-state index contributed by atoms with van der Waals surface area (Å²) < 4.78 is 5.64. The zero-order valence-electron chi connectivity index (χ0n) is 24.5. The largest absolute Gasteiger partial charge is 0.508 e. The van der Waals surface area contributed by atoms with E-state index in [1.165, 1.54) is 6.07 Å². The van der Waals surface area contributed by atoms with Gasteiger partial charge in [0.15, 0.2) is 0 Å². The van der Waals surface area contributed by atoms with Gasteiger partial charge in [0.25, 0.3) is 5.91 Å². The minimum absolute atomic E-state index is 0.143. The molecule has 0 aliphatic carbocycles. The molecule has 2 aliphatic heterocycles. The molecule has 2 saturated heterocycles. The van der Waals surface area contributed by atoms with Crippen LogP contribution in [0.4, 0.5) is 9.59 Å². The van der Waals surface area contributed by atoms with Gasteiger partial charge in [-0.1, -0.05) is 30.3 Å². The van der Waals surface area contributed by atoms with E-state index >= 15 is 0 Å². The smallest absolute Gasteiger partial charge is 0.333 e. The van der Waals surface area contributed by atoms with Crippen molar-refractivity contribution in [1.29, 1.82) is 0 Å². The summed E-state index contributed by atoms with van der Waals surface area (Å²) in [6.45, 7) is 1.45. The van der Waals surface area contributed by atoms with Gasteiger partial charge in [0.2, 0.25) is 0 Å². The van der Waals surface area contributed by atoms with Crippen LogP contribution in [0, 0.1) is 6.92 Å². The molecule has 2 aliphatic rings. The number of rotatable bonds is 9. The third kappa shape index (κ3) is 6.97. The van der Waals surface area contributed by atoms with Crippen molar-refractivity contribution in [3.63, 3.8) is 0 Å². The lowest BCUT2D eigenvalue weighted by Crippen LogP contribution is -2.55. The Bertz CT molecular complexity index is 1530. The van der Waals surface area contributed by atoms with Gasteiger partial charge in [0.1, 0.15) is 42.3 Å². The van der Waals surface area contributed by atoms with E-state index in [4.69, 9.17) is 4.74 Å². The van der Waals surface area contributed by atoms with Crippen LogP contribution < -0.4 is 10.6 Å². The first-order valence-corrected chi connectivity index (χ1v) is 14.6. The second kappa shape index (κ2) is 13.7. The number of nitrogens with one attached hydrogen (secondary N) is 2. The van der Waals surface area contributed by atoms with Crippen LogP contribution in [0.3, 0.4) is 0 Å². The molecule has 6 atom stereocenters. The number of phenols is 1. The molecule has 0 radical (unpaired) electrons. The normalized spacial score (nSPS) is 24.9. The van der Waals surface area contributed by atoms with Gasteiger partial charge in [-0.25, -0.2) is 9.59 Å². The molecule has 2 aromatic carbocycles. The van der Waals surface area contributed by atoms with Crippen LogP contribution >= 0.6 is 0 Å². The molecule has 0 saturated carbocycles. The zero-order chi connectivity index (χ0) is 32.2. The van der Waals surface area contributed by atoms with Gasteiger partial charge in [-0.2, -0.15) is 4.90 Å². The third-order valence-corrected chi connectivity index (χ3v) is 8.18. The van der Waals surface area contributed by atoms with Crippen LogP contribution in [0.25, 0.3) is 0 Å². The van der Waals surface area contributed by atoms with E-state index in [-0.39, 0.29) is 24.3 Å². The average molecular weight is 621 g/mol. The number of aryl methyl sites for hydroxylation is 1. The number of amides is 5.